The smallest absolute Gasteiger partial charge is 0.404 e. The van der Waals surface area contributed by atoms with Crippen LogP contribution in [0.15, 0.2) is 10.7 Å². The van der Waals surface area contributed by atoms with Crippen LogP contribution in [0.1, 0.15) is 28.1 Å². The maximum Gasteiger partial charge on any atom is 0.404 e. The molecule has 0 bridgehead atoms. The van der Waals surface area contributed by atoms with Crippen LogP contribution >= 0.6 is 0 Å². The number of nitrogens with zero attached hydrogens (tertiary/aromatic N) is 1. The van der Waals surface area contributed by atoms with E-state index in [0.717, 1.165) is 6.26 Å². The molecule has 1 amide bonds. The Morgan fingerprint density at radius 2 is 1.80 bits per heavy atom. The number of halogens is 6. The van der Waals surface area contributed by atoms with Crippen LogP contribution in [0.4, 0.5) is 26.3 Å². The van der Waals surface area contributed by atoms with Gasteiger partial charge in [-0.25, -0.2) is 0 Å². The first-order chi connectivity index (χ1) is 11.3. The van der Waals surface area contributed by atoms with Crippen molar-refractivity contribution in [2.75, 3.05) is 13.1 Å². The number of likely N-dealkylation sites (tertiary alicyclic amines) is 1. The van der Waals surface area contributed by atoms with Crippen LogP contribution in [-0.2, 0) is 11.2 Å². The van der Waals surface area contributed by atoms with Gasteiger partial charge in [0.25, 0.3) is 5.91 Å². The number of furan rings is 1. The Hall–Kier alpha value is -2.20. The summed E-state index contributed by atoms with van der Waals surface area (Å²) in [5.74, 6) is -2.78. The van der Waals surface area contributed by atoms with E-state index in [4.69, 9.17) is 9.52 Å². The minimum Gasteiger partial charge on any atom is -0.481 e. The van der Waals surface area contributed by atoms with Crippen LogP contribution in [-0.4, -0.2) is 47.3 Å². The molecule has 0 saturated carbocycles. The number of carboxylic acids is 1. The van der Waals surface area contributed by atoms with E-state index in [-0.39, 0.29) is 16.9 Å². The van der Waals surface area contributed by atoms with Crippen molar-refractivity contribution in [1.29, 1.82) is 0 Å². The van der Waals surface area contributed by atoms with Crippen molar-refractivity contribution in [3.63, 3.8) is 0 Å². The summed E-state index contributed by atoms with van der Waals surface area (Å²) < 4.78 is 83.3. The third-order valence-electron chi connectivity index (χ3n) is 4.22. The first kappa shape index (κ1) is 19.1. The number of carbonyl (C=O) groups excluding carboxylic acids is 1. The summed E-state index contributed by atoms with van der Waals surface area (Å²) in [7, 11) is 0. The van der Waals surface area contributed by atoms with E-state index in [9.17, 15) is 35.9 Å². The largest absolute Gasteiger partial charge is 0.481 e. The number of hydrogen-bond donors (Lipinski definition) is 1. The van der Waals surface area contributed by atoms with Crippen LogP contribution in [0, 0.1) is 12.3 Å². The van der Waals surface area contributed by atoms with E-state index in [1.165, 1.54) is 6.92 Å². The fourth-order valence-electron chi connectivity index (χ4n) is 2.82. The lowest BCUT2D eigenvalue weighted by Gasteiger charge is -2.33. The van der Waals surface area contributed by atoms with E-state index in [1.54, 1.807) is 0 Å². The topological polar surface area (TPSA) is 70.7 Å². The maximum atomic E-state index is 13.1. The predicted molar refractivity (Wildman–Crippen MR) is 69.8 cm³/mol. The molecule has 1 fully saturated rings. The monoisotopic (exact) mass is 373 g/mol. The van der Waals surface area contributed by atoms with E-state index in [2.05, 4.69) is 0 Å². The van der Waals surface area contributed by atoms with Gasteiger partial charge in [-0.05, 0) is 13.3 Å². The summed E-state index contributed by atoms with van der Waals surface area (Å²) in [4.78, 5) is 23.6. The second-order valence-corrected chi connectivity index (χ2v) is 5.84. The summed E-state index contributed by atoms with van der Waals surface area (Å²) in [6.07, 6.45) is -12.1. The highest BCUT2D eigenvalue weighted by atomic mass is 19.4. The standard InChI is InChI=1S/C14H13F6NO4/c1-7-5-25-8(4-9(22)23)10(7)11(24)21-3-2-12(6-21,13(15,16)17)14(18,19)20/h5H,2-4,6H2,1H3,(H,22,23). The Morgan fingerprint density at radius 3 is 2.24 bits per heavy atom. The van der Waals surface area contributed by atoms with Gasteiger partial charge in [0.05, 0.1) is 11.8 Å². The Labute approximate surface area is 137 Å². The van der Waals surface area contributed by atoms with E-state index in [0.29, 0.717) is 4.90 Å². The minimum atomic E-state index is -5.57. The SMILES string of the molecule is Cc1coc(CC(=O)O)c1C(=O)N1CCC(C(F)(F)F)(C(F)(F)F)C1. The van der Waals surface area contributed by atoms with Gasteiger partial charge in [-0.15, -0.1) is 0 Å². The summed E-state index contributed by atoms with van der Waals surface area (Å²) in [6.45, 7) is -0.982. The van der Waals surface area contributed by atoms with Crippen molar-refractivity contribution in [2.24, 2.45) is 5.41 Å². The summed E-state index contributed by atoms with van der Waals surface area (Å²) in [5.41, 5.74) is -4.18. The summed E-state index contributed by atoms with van der Waals surface area (Å²) >= 11 is 0. The highest BCUT2D eigenvalue weighted by Gasteiger charge is 2.73. The Morgan fingerprint density at radius 1 is 1.24 bits per heavy atom. The first-order valence-corrected chi connectivity index (χ1v) is 7.01. The van der Waals surface area contributed by atoms with Gasteiger partial charge in [0.15, 0.2) is 5.41 Å². The number of hydrogen-bond acceptors (Lipinski definition) is 3. The third-order valence-corrected chi connectivity index (χ3v) is 4.22. The average molecular weight is 373 g/mol. The molecule has 0 aliphatic carbocycles. The van der Waals surface area contributed by atoms with Crippen LogP contribution in [0.2, 0.25) is 0 Å². The predicted octanol–water partition coefficient (Wildman–Crippen LogP) is 3.17. The van der Waals surface area contributed by atoms with Crippen molar-refractivity contribution in [1.82, 2.24) is 4.90 Å². The van der Waals surface area contributed by atoms with E-state index >= 15 is 0 Å². The molecule has 0 spiro atoms. The molecule has 0 radical (unpaired) electrons. The minimum absolute atomic E-state index is 0.137. The molecule has 1 aliphatic heterocycles. The zero-order valence-electron chi connectivity index (χ0n) is 12.8. The van der Waals surface area contributed by atoms with Crippen molar-refractivity contribution >= 4 is 11.9 Å². The molecule has 1 aromatic heterocycles. The quantitative estimate of drug-likeness (QED) is 0.827. The maximum absolute atomic E-state index is 13.1. The first-order valence-electron chi connectivity index (χ1n) is 7.01. The fraction of sp³-hybridized carbons (Fsp3) is 0.571. The van der Waals surface area contributed by atoms with Crippen LogP contribution in [0.5, 0.6) is 0 Å². The lowest BCUT2D eigenvalue weighted by Crippen LogP contribution is -2.52. The normalized spacial score (nSPS) is 17.8. The van der Waals surface area contributed by atoms with Crippen molar-refractivity contribution in [3.8, 4) is 0 Å². The van der Waals surface area contributed by atoms with Crippen molar-refractivity contribution in [2.45, 2.75) is 32.1 Å². The van der Waals surface area contributed by atoms with Gasteiger partial charge in [0, 0.05) is 18.7 Å². The molecule has 25 heavy (non-hydrogen) atoms. The molecule has 2 rings (SSSR count). The molecule has 1 saturated heterocycles. The second kappa shape index (κ2) is 5.95. The summed E-state index contributed by atoms with van der Waals surface area (Å²) in [5, 5.41) is 8.76. The number of alkyl halides is 6. The number of rotatable bonds is 3. The zero-order valence-corrected chi connectivity index (χ0v) is 12.8. The van der Waals surface area contributed by atoms with Gasteiger partial charge >= 0.3 is 18.3 Å². The Bertz CT molecular complexity index is 676. The molecule has 2 heterocycles. The molecule has 11 heteroatoms. The molecule has 1 aliphatic rings. The molecular formula is C14H13F6NO4. The van der Waals surface area contributed by atoms with E-state index < -0.39 is 55.6 Å². The van der Waals surface area contributed by atoms with Gasteiger partial charge in [-0.1, -0.05) is 0 Å². The number of aryl methyl sites for hydroxylation is 1. The highest BCUT2D eigenvalue weighted by molar-refractivity contribution is 5.97. The van der Waals surface area contributed by atoms with Gasteiger partial charge in [-0.3, -0.25) is 9.59 Å². The molecule has 0 atom stereocenters. The van der Waals surface area contributed by atoms with Gasteiger partial charge < -0.3 is 14.4 Å². The van der Waals surface area contributed by atoms with Crippen LogP contribution in [0.25, 0.3) is 0 Å². The molecule has 1 aromatic rings. The van der Waals surface area contributed by atoms with E-state index in [1.807, 2.05) is 0 Å². The van der Waals surface area contributed by atoms with Gasteiger partial charge in [-0.2, -0.15) is 26.3 Å². The molecule has 5 nitrogen and oxygen atoms in total. The van der Waals surface area contributed by atoms with Gasteiger partial charge in [0.2, 0.25) is 0 Å². The van der Waals surface area contributed by atoms with Gasteiger partial charge in [0.1, 0.15) is 12.2 Å². The number of carbonyl (C=O) groups is 2. The molecule has 140 valence electrons. The van der Waals surface area contributed by atoms with Crippen LogP contribution < -0.4 is 0 Å². The number of aliphatic carboxylic acids is 1. The lowest BCUT2D eigenvalue weighted by atomic mass is 9.85. The zero-order chi connectivity index (χ0) is 19.2. The average Bonchev–Trinajstić information content (AvgIpc) is 3.01. The molecule has 0 unspecified atom stereocenters. The Kier molecular flexibility index (Phi) is 4.56. The molecule has 0 aromatic carbocycles. The second-order valence-electron chi connectivity index (χ2n) is 5.84. The summed E-state index contributed by atoms with van der Waals surface area (Å²) in [6, 6.07) is 0. The third kappa shape index (κ3) is 3.19. The molecular weight excluding hydrogens is 360 g/mol. The van der Waals surface area contributed by atoms with Crippen molar-refractivity contribution < 1.29 is 45.5 Å². The Balaban J connectivity index is 2.35. The number of amides is 1. The molecule has 1 N–H and O–H groups in total. The highest BCUT2D eigenvalue weighted by Crippen LogP contribution is 2.55. The lowest BCUT2D eigenvalue weighted by molar-refractivity contribution is -0.334. The number of carboxylic acid groups (broad SMARTS) is 1. The van der Waals surface area contributed by atoms with Crippen LogP contribution in [0.3, 0.4) is 0 Å². The van der Waals surface area contributed by atoms with Crippen molar-refractivity contribution in [3.05, 3.63) is 23.2 Å². The fourth-order valence-corrected chi connectivity index (χ4v) is 2.82.